The van der Waals surface area contributed by atoms with E-state index >= 15 is 0 Å². The van der Waals surface area contributed by atoms with Crippen LogP contribution in [0.1, 0.15) is 37.8 Å². The summed E-state index contributed by atoms with van der Waals surface area (Å²) in [7, 11) is 0. The van der Waals surface area contributed by atoms with E-state index in [0.29, 0.717) is 6.04 Å². The highest BCUT2D eigenvalue weighted by atomic mass is 32.2. The second-order valence-corrected chi connectivity index (χ2v) is 6.88. The van der Waals surface area contributed by atoms with Crippen LogP contribution >= 0.6 is 11.8 Å². The van der Waals surface area contributed by atoms with Crippen molar-refractivity contribution < 1.29 is 4.39 Å². The zero-order valence-electron chi connectivity index (χ0n) is 13.0. The van der Waals surface area contributed by atoms with Crippen LogP contribution in [0.5, 0.6) is 0 Å². The lowest BCUT2D eigenvalue weighted by Crippen LogP contribution is -2.38. The molecular formula is C17H27FN2S. The molecule has 0 amide bonds. The minimum Gasteiger partial charge on any atom is -0.309 e. The first-order chi connectivity index (χ1) is 10.3. The van der Waals surface area contributed by atoms with E-state index in [1.165, 1.54) is 43.0 Å². The van der Waals surface area contributed by atoms with E-state index < -0.39 is 0 Å². The summed E-state index contributed by atoms with van der Waals surface area (Å²) >= 11 is 2.05. The Morgan fingerprint density at radius 3 is 2.62 bits per heavy atom. The second-order valence-electron chi connectivity index (χ2n) is 5.65. The number of unbranched alkanes of at least 4 members (excludes halogenated alkanes) is 1. The van der Waals surface area contributed by atoms with Crippen LogP contribution in [-0.4, -0.2) is 42.6 Å². The first-order valence-electron chi connectivity index (χ1n) is 8.08. The molecule has 1 saturated heterocycles. The van der Waals surface area contributed by atoms with E-state index in [0.717, 1.165) is 19.5 Å². The van der Waals surface area contributed by atoms with Gasteiger partial charge in [0.2, 0.25) is 0 Å². The SMILES string of the molecule is CCCCC(NCCN1CCSCC1)c1ccc(F)cc1. The molecule has 1 aromatic rings. The van der Waals surface area contributed by atoms with Gasteiger partial charge in [0.05, 0.1) is 0 Å². The largest absolute Gasteiger partial charge is 0.309 e. The third-order valence-corrected chi connectivity index (χ3v) is 4.98. The van der Waals surface area contributed by atoms with Crippen LogP contribution in [-0.2, 0) is 0 Å². The molecular weight excluding hydrogens is 283 g/mol. The summed E-state index contributed by atoms with van der Waals surface area (Å²) in [6, 6.07) is 7.32. The number of hydrogen-bond acceptors (Lipinski definition) is 3. The standard InChI is InChI=1S/C17H27FN2S/c1-2-3-4-17(15-5-7-16(18)8-6-15)19-9-10-20-11-13-21-14-12-20/h5-8,17,19H,2-4,9-14H2,1H3. The molecule has 0 bridgehead atoms. The van der Waals surface area contributed by atoms with Gasteiger partial charge in [-0.2, -0.15) is 11.8 Å². The van der Waals surface area contributed by atoms with Crippen molar-refractivity contribution in [2.75, 3.05) is 37.7 Å². The van der Waals surface area contributed by atoms with Crippen molar-refractivity contribution in [2.45, 2.75) is 32.2 Å². The molecule has 0 saturated carbocycles. The lowest BCUT2D eigenvalue weighted by molar-refractivity contribution is 0.293. The maximum Gasteiger partial charge on any atom is 0.123 e. The summed E-state index contributed by atoms with van der Waals surface area (Å²) in [5.74, 6) is 2.37. The smallest absolute Gasteiger partial charge is 0.123 e. The van der Waals surface area contributed by atoms with E-state index in [1.807, 2.05) is 12.1 Å². The van der Waals surface area contributed by atoms with Crippen molar-refractivity contribution in [1.82, 2.24) is 10.2 Å². The highest BCUT2D eigenvalue weighted by Crippen LogP contribution is 2.19. The number of rotatable bonds is 8. The van der Waals surface area contributed by atoms with E-state index in [-0.39, 0.29) is 5.82 Å². The zero-order chi connectivity index (χ0) is 14.9. The summed E-state index contributed by atoms with van der Waals surface area (Å²) in [6.45, 7) is 6.76. The predicted octanol–water partition coefficient (Wildman–Crippen LogP) is 3.70. The number of nitrogens with zero attached hydrogens (tertiary/aromatic N) is 1. The summed E-state index contributed by atoms with van der Waals surface area (Å²) in [5, 5.41) is 3.67. The molecule has 1 aliphatic heterocycles. The Labute approximate surface area is 132 Å². The fourth-order valence-corrected chi connectivity index (χ4v) is 3.69. The van der Waals surface area contributed by atoms with Gasteiger partial charge in [0.25, 0.3) is 0 Å². The van der Waals surface area contributed by atoms with Gasteiger partial charge in [0, 0.05) is 43.7 Å². The molecule has 1 fully saturated rings. The number of thioether (sulfide) groups is 1. The molecule has 1 N–H and O–H groups in total. The number of benzene rings is 1. The van der Waals surface area contributed by atoms with Gasteiger partial charge in [-0.05, 0) is 24.1 Å². The summed E-state index contributed by atoms with van der Waals surface area (Å²) in [5.41, 5.74) is 1.21. The van der Waals surface area contributed by atoms with Crippen LogP contribution < -0.4 is 5.32 Å². The Morgan fingerprint density at radius 1 is 1.24 bits per heavy atom. The van der Waals surface area contributed by atoms with Crippen LogP contribution in [0.25, 0.3) is 0 Å². The van der Waals surface area contributed by atoms with Gasteiger partial charge in [-0.3, -0.25) is 0 Å². The monoisotopic (exact) mass is 310 g/mol. The summed E-state index contributed by atoms with van der Waals surface area (Å²) in [4.78, 5) is 2.53. The summed E-state index contributed by atoms with van der Waals surface area (Å²) in [6.07, 6.45) is 3.52. The van der Waals surface area contributed by atoms with Crippen LogP contribution in [0.3, 0.4) is 0 Å². The van der Waals surface area contributed by atoms with Gasteiger partial charge in [0.15, 0.2) is 0 Å². The molecule has 2 rings (SSSR count). The highest BCUT2D eigenvalue weighted by molar-refractivity contribution is 7.99. The van der Waals surface area contributed by atoms with Crippen molar-refractivity contribution in [2.24, 2.45) is 0 Å². The molecule has 1 aromatic carbocycles. The van der Waals surface area contributed by atoms with Crippen LogP contribution in [0, 0.1) is 5.82 Å². The average Bonchev–Trinajstić information content (AvgIpc) is 2.53. The van der Waals surface area contributed by atoms with Crippen molar-refractivity contribution in [3.05, 3.63) is 35.6 Å². The van der Waals surface area contributed by atoms with Crippen molar-refractivity contribution in [3.63, 3.8) is 0 Å². The fraction of sp³-hybridized carbons (Fsp3) is 0.647. The van der Waals surface area contributed by atoms with E-state index in [4.69, 9.17) is 0 Å². The minimum absolute atomic E-state index is 0.154. The van der Waals surface area contributed by atoms with Crippen LogP contribution in [0.4, 0.5) is 4.39 Å². The molecule has 0 aromatic heterocycles. The van der Waals surface area contributed by atoms with Crippen LogP contribution in [0.2, 0.25) is 0 Å². The maximum absolute atomic E-state index is 13.1. The third-order valence-electron chi connectivity index (χ3n) is 4.04. The van der Waals surface area contributed by atoms with E-state index in [9.17, 15) is 4.39 Å². The van der Waals surface area contributed by atoms with Crippen molar-refractivity contribution >= 4 is 11.8 Å². The zero-order valence-corrected chi connectivity index (χ0v) is 13.8. The first kappa shape index (κ1) is 16.8. The van der Waals surface area contributed by atoms with E-state index in [1.54, 1.807) is 12.1 Å². The molecule has 2 nitrogen and oxygen atoms in total. The Hall–Kier alpha value is -0.580. The van der Waals surface area contributed by atoms with Crippen LogP contribution in [0.15, 0.2) is 24.3 Å². The second kappa shape index (κ2) is 9.44. The molecule has 0 aliphatic carbocycles. The maximum atomic E-state index is 13.1. The average molecular weight is 310 g/mol. The van der Waals surface area contributed by atoms with Crippen molar-refractivity contribution in [1.29, 1.82) is 0 Å². The Balaban J connectivity index is 1.82. The number of halogens is 1. The number of nitrogens with one attached hydrogen (secondary N) is 1. The first-order valence-corrected chi connectivity index (χ1v) is 9.24. The van der Waals surface area contributed by atoms with Gasteiger partial charge < -0.3 is 10.2 Å². The lowest BCUT2D eigenvalue weighted by atomic mass is 10.0. The van der Waals surface area contributed by atoms with Gasteiger partial charge in [0.1, 0.15) is 5.82 Å². The molecule has 1 atom stereocenters. The molecule has 21 heavy (non-hydrogen) atoms. The van der Waals surface area contributed by atoms with E-state index in [2.05, 4.69) is 28.9 Å². The van der Waals surface area contributed by atoms with Gasteiger partial charge in [-0.1, -0.05) is 31.9 Å². The topological polar surface area (TPSA) is 15.3 Å². The molecule has 0 spiro atoms. The Morgan fingerprint density at radius 2 is 1.95 bits per heavy atom. The summed E-state index contributed by atoms with van der Waals surface area (Å²) < 4.78 is 13.1. The highest BCUT2D eigenvalue weighted by Gasteiger charge is 2.13. The normalized spacial score (nSPS) is 17.8. The Bertz CT molecular complexity index is 390. The fourth-order valence-electron chi connectivity index (χ4n) is 2.71. The van der Waals surface area contributed by atoms with Gasteiger partial charge in [-0.15, -0.1) is 0 Å². The molecule has 1 aliphatic rings. The lowest BCUT2D eigenvalue weighted by Gasteiger charge is -2.27. The molecule has 1 heterocycles. The molecule has 1 unspecified atom stereocenters. The Kier molecular flexibility index (Phi) is 7.54. The molecule has 0 radical (unpaired) electrons. The number of hydrogen-bond donors (Lipinski definition) is 1. The van der Waals surface area contributed by atoms with Gasteiger partial charge in [-0.25, -0.2) is 4.39 Å². The van der Waals surface area contributed by atoms with Crippen molar-refractivity contribution in [3.8, 4) is 0 Å². The molecule has 4 heteroatoms. The quantitative estimate of drug-likeness (QED) is 0.788. The predicted molar refractivity (Wildman–Crippen MR) is 90.4 cm³/mol. The minimum atomic E-state index is -0.154. The molecule has 118 valence electrons. The third kappa shape index (κ3) is 5.97. The van der Waals surface area contributed by atoms with Gasteiger partial charge >= 0.3 is 0 Å².